The number of hydrogen-bond acceptors (Lipinski definition) is 5. The van der Waals surface area contributed by atoms with E-state index in [0.29, 0.717) is 5.56 Å². The highest BCUT2D eigenvalue weighted by Gasteiger charge is 2.20. The van der Waals surface area contributed by atoms with Crippen LogP contribution in [0.1, 0.15) is 41.3 Å². The number of nitrogens with zero attached hydrogens (tertiary/aromatic N) is 2. The smallest absolute Gasteiger partial charge is 0.255 e. The van der Waals surface area contributed by atoms with Crippen LogP contribution in [0, 0.1) is 0 Å². The zero-order chi connectivity index (χ0) is 16.1. The van der Waals surface area contributed by atoms with Crippen LogP contribution in [0.2, 0.25) is 0 Å². The van der Waals surface area contributed by atoms with Crippen molar-refractivity contribution in [1.82, 2.24) is 10.3 Å². The molecule has 0 spiro atoms. The normalized spacial score (nSPS) is 16.1. The first-order valence-corrected chi connectivity index (χ1v) is 8.88. The average Bonchev–Trinajstić information content (AvgIpc) is 3.15. The number of aliphatic hydroxyl groups is 1. The molecule has 0 bridgehead atoms. The Bertz CT molecular complexity index is 639. The Morgan fingerprint density at radius 3 is 2.91 bits per heavy atom. The van der Waals surface area contributed by atoms with Crippen LogP contribution < -0.4 is 10.2 Å². The molecule has 2 N–H and O–H groups in total. The molecule has 1 atom stereocenters. The topological polar surface area (TPSA) is 65.5 Å². The summed E-state index contributed by atoms with van der Waals surface area (Å²) >= 11 is 1.53. The monoisotopic (exact) mass is 331 g/mol. The van der Waals surface area contributed by atoms with Gasteiger partial charge in [0.15, 0.2) is 0 Å². The minimum atomic E-state index is -0.680. The molecule has 1 fully saturated rings. The first-order valence-electron chi connectivity index (χ1n) is 7.94. The zero-order valence-electron chi connectivity index (χ0n) is 12.9. The molecule has 3 heterocycles. The first-order chi connectivity index (χ1) is 11.3. The van der Waals surface area contributed by atoms with Gasteiger partial charge in [0.1, 0.15) is 5.82 Å². The van der Waals surface area contributed by atoms with Crippen molar-refractivity contribution in [3.8, 4) is 0 Å². The first kappa shape index (κ1) is 16.0. The van der Waals surface area contributed by atoms with Gasteiger partial charge in [0.05, 0.1) is 11.7 Å². The van der Waals surface area contributed by atoms with E-state index in [1.807, 2.05) is 16.8 Å². The van der Waals surface area contributed by atoms with Gasteiger partial charge >= 0.3 is 0 Å². The second-order valence-corrected chi connectivity index (χ2v) is 6.48. The summed E-state index contributed by atoms with van der Waals surface area (Å²) in [6.07, 6.45) is 4.54. The highest BCUT2D eigenvalue weighted by molar-refractivity contribution is 7.07. The van der Waals surface area contributed by atoms with Gasteiger partial charge in [-0.05, 0) is 53.8 Å². The average molecular weight is 331 g/mol. The van der Waals surface area contributed by atoms with Crippen molar-refractivity contribution < 1.29 is 9.90 Å². The fraction of sp³-hybridized carbons (Fsp3) is 0.412. The lowest BCUT2D eigenvalue weighted by Crippen LogP contribution is -2.34. The summed E-state index contributed by atoms with van der Waals surface area (Å²) < 4.78 is 0. The van der Waals surface area contributed by atoms with Gasteiger partial charge in [-0.3, -0.25) is 4.79 Å². The second-order valence-electron chi connectivity index (χ2n) is 5.70. The van der Waals surface area contributed by atoms with Crippen LogP contribution in [0.15, 0.2) is 35.2 Å². The fourth-order valence-electron chi connectivity index (χ4n) is 2.80. The number of aliphatic hydroxyl groups excluding tert-OH is 1. The summed E-state index contributed by atoms with van der Waals surface area (Å²) in [5.74, 6) is 0.558. The number of anilines is 1. The van der Waals surface area contributed by atoms with Crippen LogP contribution >= 0.6 is 11.3 Å². The van der Waals surface area contributed by atoms with E-state index in [9.17, 15) is 9.90 Å². The largest absolute Gasteiger partial charge is 0.387 e. The quantitative estimate of drug-likeness (QED) is 0.884. The number of aromatic nitrogens is 1. The molecule has 1 amide bonds. The second kappa shape index (κ2) is 7.57. The minimum Gasteiger partial charge on any atom is -0.387 e. The molecule has 0 saturated carbocycles. The van der Waals surface area contributed by atoms with Crippen LogP contribution in [-0.4, -0.2) is 35.6 Å². The van der Waals surface area contributed by atoms with Crippen molar-refractivity contribution in [1.29, 1.82) is 0 Å². The number of carbonyl (C=O) groups excluding carboxylic acids is 1. The van der Waals surface area contributed by atoms with Gasteiger partial charge in [0, 0.05) is 25.8 Å². The van der Waals surface area contributed by atoms with Gasteiger partial charge in [0.25, 0.3) is 5.91 Å². The van der Waals surface area contributed by atoms with Crippen LogP contribution in [0.25, 0.3) is 0 Å². The number of piperidine rings is 1. The highest BCUT2D eigenvalue weighted by atomic mass is 32.1. The molecule has 122 valence electrons. The highest BCUT2D eigenvalue weighted by Crippen LogP contribution is 2.22. The molecule has 5 nitrogen and oxygen atoms in total. The third kappa shape index (κ3) is 3.89. The van der Waals surface area contributed by atoms with E-state index in [4.69, 9.17) is 0 Å². The summed E-state index contributed by atoms with van der Waals surface area (Å²) in [6, 6.07) is 5.44. The maximum Gasteiger partial charge on any atom is 0.255 e. The van der Waals surface area contributed by atoms with Crippen molar-refractivity contribution in [2.45, 2.75) is 25.4 Å². The Balaban J connectivity index is 1.67. The third-order valence-electron chi connectivity index (χ3n) is 4.07. The Morgan fingerprint density at radius 1 is 1.35 bits per heavy atom. The van der Waals surface area contributed by atoms with Crippen molar-refractivity contribution in [2.75, 3.05) is 24.5 Å². The van der Waals surface area contributed by atoms with Crippen LogP contribution in [-0.2, 0) is 0 Å². The molecule has 0 aromatic carbocycles. The molecule has 6 heteroatoms. The zero-order valence-corrected chi connectivity index (χ0v) is 13.8. The number of carbonyl (C=O) groups is 1. The van der Waals surface area contributed by atoms with E-state index >= 15 is 0 Å². The molecule has 1 unspecified atom stereocenters. The maximum absolute atomic E-state index is 12.5. The molecule has 1 saturated heterocycles. The summed E-state index contributed by atoms with van der Waals surface area (Å²) in [7, 11) is 0. The molecule has 3 rings (SSSR count). The molecule has 2 aromatic heterocycles. The fourth-order valence-corrected chi connectivity index (χ4v) is 3.51. The standard InChI is InChI=1S/C17H21N3O2S/c21-15(13-6-10-23-12-13)11-19-17(22)14-5-4-7-18-16(14)20-8-2-1-3-9-20/h4-7,10,12,15,21H,1-3,8-9,11H2,(H,19,22). The van der Waals surface area contributed by atoms with E-state index in [0.717, 1.165) is 37.3 Å². The Morgan fingerprint density at radius 2 is 2.17 bits per heavy atom. The number of thiophene rings is 1. The maximum atomic E-state index is 12.5. The summed E-state index contributed by atoms with van der Waals surface area (Å²) in [5.41, 5.74) is 1.41. The molecular formula is C17H21N3O2S. The van der Waals surface area contributed by atoms with Crippen molar-refractivity contribution in [3.05, 3.63) is 46.3 Å². The number of amides is 1. The van der Waals surface area contributed by atoms with Crippen LogP contribution in [0.3, 0.4) is 0 Å². The Kier molecular flexibility index (Phi) is 5.25. The number of rotatable bonds is 5. The van der Waals surface area contributed by atoms with Crippen molar-refractivity contribution >= 4 is 23.1 Å². The Hall–Kier alpha value is -1.92. The molecule has 1 aliphatic heterocycles. The van der Waals surface area contributed by atoms with Gasteiger partial charge in [0.2, 0.25) is 0 Å². The number of nitrogens with one attached hydrogen (secondary N) is 1. The summed E-state index contributed by atoms with van der Waals surface area (Å²) in [4.78, 5) is 19.1. The predicted octanol–water partition coefficient (Wildman–Crippen LogP) is 2.60. The summed E-state index contributed by atoms with van der Waals surface area (Å²) in [5, 5.41) is 16.7. The molecule has 0 aliphatic carbocycles. The third-order valence-corrected chi connectivity index (χ3v) is 4.77. The van der Waals surface area contributed by atoms with E-state index in [1.54, 1.807) is 18.3 Å². The predicted molar refractivity (Wildman–Crippen MR) is 91.9 cm³/mol. The number of hydrogen-bond donors (Lipinski definition) is 2. The van der Waals surface area contributed by atoms with Crippen LogP contribution in [0.4, 0.5) is 5.82 Å². The van der Waals surface area contributed by atoms with Crippen molar-refractivity contribution in [3.63, 3.8) is 0 Å². The van der Waals surface area contributed by atoms with E-state index in [2.05, 4.69) is 15.2 Å². The SMILES string of the molecule is O=C(NCC(O)c1ccsc1)c1cccnc1N1CCCCC1. The molecular weight excluding hydrogens is 310 g/mol. The van der Waals surface area contributed by atoms with Gasteiger partial charge in [-0.15, -0.1) is 0 Å². The van der Waals surface area contributed by atoms with Crippen molar-refractivity contribution in [2.24, 2.45) is 0 Å². The number of pyridine rings is 1. The molecule has 1 aliphatic rings. The van der Waals surface area contributed by atoms with E-state index in [1.165, 1.54) is 17.8 Å². The lowest BCUT2D eigenvalue weighted by Gasteiger charge is -2.29. The molecule has 0 radical (unpaired) electrons. The van der Waals surface area contributed by atoms with Crippen LogP contribution in [0.5, 0.6) is 0 Å². The lowest BCUT2D eigenvalue weighted by atomic mass is 10.1. The van der Waals surface area contributed by atoms with Gasteiger partial charge in [-0.1, -0.05) is 0 Å². The van der Waals surface area contributed by atoms with E-state index < -0.39 is 6.10 Å². The minimum absolute atomic E-state index is 0.187. The lowest BCUT2D eigenvalue weighted by molar-refractivity contribution is 0.0916. The Labute approximate surface area is 140 Å². The van der Waals surface area contributed by atoms with Gasteiger partial charge < -0.3 is 15.3 Å². The molecule has 2 aromatic rings. The van der Waals surface area contributed by atoms with Gasteiger partial charge in [-0.25, -0.2) is 4.98 Å². The molecule has 23 heavy (non-hydrogen) atoms. The summed E-state index contributed by atoms with van der Waals surface area (Å²) in [6.45, 7) is 2.08. The van der Waals surface area contributed by atoms with E-state index in [-0.39, 0.29) is 12.5 Å². The van der Waals surface area contributed by atoms with Gasteiger partial charge in [-0.2, -0.15) is 11.3 Å².